The van der Waals surface area contributed by atoms with E-state index in [1.165, 1.54) is 6.92 Å². The SMILES string of the molecule is CC(=O)Nc1cccc(NC(=O)C2(c3ccc(Br)cc3)CCCC2)c1. The summed E-state index contributed by atoms with van der Waals surface area (Å²) in [5.74, 6) is -0.113. The van der Waals surface area contributed by atoms with Crippen molar-refractivity contribution in [2.75, 3.05) is 10.6 Å². The summed E-state index contributed by atoms with van der Waals surface area (Å²) in [6.07, 6.45) is 3.81. The van der Waals surface area contributed by atoms with Gasteiger partial charge in [0.05, 0.1) is 5.41 Å². The van der Waals surface area contributed by atoms with Gasteiger partial charge in [-0.1, -0.05) is 47.0 Å². The van der Waals surface area contributed by atoms with E-state index in [-0.39, 0.29) is 11.8 Å². The molecule has 2 aromatic rings. The summed E-state index contributed by atoms with van der Waals surface area (Å²) in [7, 11) is 0. The maximum absolute atomic E-state index is 13.1. The molecule has 1 saturated carbocycles. The normalized spacial score (nSPS) is 15.6. The third-order valence-corrected chi connectivity index (χ3v) is 5.26. The van der Waals surface area contributed by atoms with Crippen molar-refractivity contribution >= 4 is 39.1 Å². The minimum Gasteiger partial charge on any atom is -0.326 e. The lowest BCUT2D eigenvalue weighted by Crippen LogP contribution is -2.38. The largest absolute Gasteiger partial charge is 0.326 e. The third-order valence-electron chi connectivity index (χ3n) is 4.73. The van der Waals surface area contributed by atoms with E-state index < -0.39 is 5.41 Å². The van der Waals surface area contributed by atoms with E-state index in [0.717, 1.165) is 35.7 Å². The molecular weight excluding hydrogens is 380 g/mol. The average molecular weight is 401 g/mol. The zero-order valence-corrected chi connectivity index (χ0v) is 15.7. The van der Waals surface area contributed by atoms with Crippen molar-refractivity contribution in [3.8, 4) is 0 Å². The van der Waals surface area contributed by atoms with Crippen molar-refractivity contribution < 1.29 is 9.59 Å². The summed E-state index contributed by atoms with van der Waals surface area (Å²) in [6, 6.07) is 15.3. The van der Waals surface area contributed by atoms with E-state index in [1.807, 2.05) is 36.4 Å². The molecule has 4 nitrogen and oxygen atoms in total. The molecule has 130 valence electrons. The van der Waals surface area contributed by atoms with Gasteiger partial charge in [0.2, 0.25) is 11.8 Å². The van der Waals surface area contributed by atoms with Gasteiger partial charge >= 0.3 is 0 Å². The predicted molar refractivity (Wildman–Crippen MR) is 104 cm³/mol. The van der Waals surface area contributed by atoms with Crippen molar-refractivity contribution in [1.29, 1.82) is 0 Å². The molecule has 0 atom stereocenters. The number of hydrogen-bond acceptors (Lipinski definition) is 2. The molecule has 5 heteroatoms. The Bertz CT molecular complexity index is 781. The molecule has 0 aliphatic heterocycles. The zero-order chi connectivity index (χ0) is 17.9. The van der Waals surface area contributed by atoms with Crippen LogP contribution in [0.3, 0.4) is 0 Å². The Morgan fingerprint density at radius 3 is 2.16 bits per heavy atom. The summed E-state index contributed by atoms with van der Waals surface area (Å²) >= 11 is 3.45. The van der Waals surface area contributed by atoms with E-state index in [0.29, 0.717) is 11.4 Å². The minimum atomic E-state index is -0.481. The number of halogens is 1. The number of amides is 2. The summed E-state index contributed by atoms with van der Waals surface area (Å²) in [5, 5.41) is 5.79. The topological polar surface area (TPSA) is 58.2 Å². The first-order valence-corrected chi connectivity index (χ1v) is 9.24. The van der Waals surface area contributed by atoms with Gasteiger partial charge in [0.15, 0.2) is 0 Å². The molecule has 1 aliphatic rings. The van der Waals surface area contributed by atoms with Crippen LogP contribution < -0.4 is 10.6 Å². The Morgan fingerprint density at radius 2 is 1.56 bits per heavy atom. The highest BCUT2D eigenvalue weighted by atomic mass is 79.9. The first-order chi connectivity index (χ1) is 12.0. The molecule has 0 spiro atoms. The first-order valence-electron chi connectivity index (χ1n) is 8.45. The lowest BCUT2D eigenvalue weighted by atomic mass is 9.78. The molecule has 0 saturated heterocycles. The molecular formula is C20H21BrN2O2. The van der Waals surface area contributed by atoms with Crippen LogP contribution in [0, 0.1) is 0 Å². The fourth-order valence-corrected chi connectivity index (χ4v) is 3.79. The van der Waals surface area contributed by atoms with Crippen molar-refractivity contribution in [1.82, 2.24) is 0 Å². The van der Waals surface area contributed by atoms with Gasteiger partial charge in [-0.25, -0.2) is 0 Å². The summed E-state index contributed by atoms with van der Waals surface area (Å²) < 4.78 is 1.01. The second-order valence-corrected chi connectivity index (χ2v) is 7.43. The van der Waals surface area contributed by atoms with Crippen LogP contribution in [0.4, 0.5) is 11.4 Å². The van der Waals surface area contributed by atoms with Gasteiger partial charge < -0.3 is 10.6 Å². The number of carbonyl (C=O) groups is 2. The summed E-state index contributed by atoms with van der Waals surface area (Å²) in [4.78, 5) is 24.4. The molecule has 1 fully saturated rings. The highest BCUT2D eigenvalue weighted by Gasteiger charge is 2.42. The monoisotopic (exact) mass is 400 g/mol. The van der Waals surface area contributed by atoms with Crippen molar-refractivity contribution in [2.24, 2.45) is 0 Å². The van der Waals surface area contributed by atoms with Gasteiger partial charge in [0, 0.05) is 22.8 Å². The van der Waals surface area contributed by atoms with Gasteiger partial charge in [0.1, 0.15) is 0 Å². The Balaban J connectivity index is 1.85. The smallest absolute Gasteiger partial charge is 0.235 e. The van der Waals surface area contributed by atoms with Crippen LogP contribution >= 0.6 is 15.9 Å². The highest BCUT2D eigenvalue weighted by Crippen LogP contribution is 2.42. The number of carbonyl (C=O) groups excluding carboxylic acids is 2. The Labute approximate surface area is 156 Å². The van der Waals surface area contributed by atoms with E-state index in [2.05, 4.69) is 26.6 Å². The molecule has 25 heavy (non-hydrogen) atoms. The first kappa shape index (κ1) is 17.7. The third kappa shape index (κ3) is 3.93. The lowest BCUT2D eigenvalue weighted by Gasteiger charge is -2.28. The summed E-state index contributed by atoms with van der Waals surface area (Å²) in [6.45, 7) is 1.46. The molecule has 2 aromatic carbocycles. The highest BCUT2D eigenvalue weighted by molar-refractivity contribution is 9.10. The average Bonchev–Trinajstić information content (AvgIpc) is 3.06. The lowest BCUT2D eigenvalue weighted by molar-refractivity contribution is -0.121. The predicted octanol–water partition coefficient (Wildman–Crippen LogP) is 4.86. The number of hydrogen-bond donors (Lipinski definition) is 2. The fourth-order valence-electron chi connectivity index (χ4n) is 3.52. The second kappa shape index (κ2) is 7.40. The maximum atomic E-state index is 13.1. The van der Waals surface area contributed by atoms with Gasteiger partial charge in [-0.2, -0.15) is 0 Å². The molecule has 3 rings (SSSR count). The van der Waals surface area contributed by atoms with Crippen LogP contribution in [0.25, 0.3) is 0 Å². The molecule has 1 aliphatic carbocycles. The van der Waals surface area contributed by atoms with Crippen LogP contribution in [-0.2, 0) is 15.0 Å². The van der Waals surface area contributed by atoms with Crippen LogP contribution in [0.5, 0.6) is 0 Å². The Morgan fingerprint density at radius 1 is 0.960 bits per heavy atom. The zero-order valence-electron chi connectivity index (χ0n) is 14.1. The minimum absolute atomic E-state index is 0.0206. The quantitative estimate of drug-likeness (QED) is 0.769. The van der Waals surface area contributed by atoms with Crippen molar-refractivity contribution in [3.05, 3.63) is 58.6 Å². The Kier molecular flexibility index (Phi) is 5.23. The van der Waals surface area contributed by atoms with E-state index in [9.17, 15) is 9.59 Å². The van der Waals surface area contributed by atoms with Crippen molar-refractivity contribution in [3.63, 3.8) is 0 Å². The fraction of sp³-hybridized carbons (Fsp3) is 0.300. The van der Waals surface area contributed by atoms with E-state index in [4.69, 9.17) is 0 Å². The van der Waals surface area contributed by atoms with Crippen LogP contribution in [0.15, 0.2) is 53.0 Å². The van der Waals surface area contributed by atoms with Gasteiger partial charge in [-0.3, -0.25) is 9.59 Å². The number of rotatable bonds is 4. The van der Waals surface area contributed by atoms with Crippen LogP contribution in [0.1, 0.15) is 38.2 Å². The summed E-state index contributed by atoms with van der Waals surface area (Å²) in [5.41, 5.74) is 1.95. The molecule has 0 bridgehead atoms. The molecule has 0 radical (unpaired) electrons. The Hall–Kier alpha value is -2.14. The van der Waals surface area contributed by atoms with E-state index in [1.54, 1.807) is 12.1 Å². The van der Waals surface area contributed by atoms with Crippen molar-refractivity contribution in [2.45, 2.75) is 38.0 Å². The number of benzene rings is 2. The van der Waals surface area contributed by atoms with Crippen LogP contribution in [0.2, 0.25) is 0 Å². The molecule has 2 amide bonds. The molecule has 0 heterocycles. The van der Waals surface area contributed by atoms with E-state index >= 15 is 0 Å². The van der Waals surface area contributed by atoms with Gasteiger partial charge in [0.25, 0.3) is 0 Å². The van der Waals surface area contributed by atoms with Crippen LogP contribution in [-0.4, -0.2) is 11.8 Å². The molecule has 0 unspecified atom stereocenters. The number of nitrogens with one attached hydrogen (secondary N) is 2. The van der Waals surface area contributed by atoms with Gasteiger partial charge in [-0.15, -0.1) is 0 Å². The van der Waals surface area contributed by atoms with Gasteiger partial charge in [-0.05, 0) is 48.7 Å². The maximum Gasteiger partial charge on any atom is 0.235 e. The standard InChI is InChI=1S/C20H21BrN2O2/c1-14(24)22-17-5-4-6-18(13-17)23-19(25)20(11-2-3-12-20)15-7-9-16(21)10-8-15/h4-10,13H,2-3,11-12H2,1H3,(H,22,24)(H,23,25). The number of anilines is 2. The molecule has 0 aromatic heterocycles. The second-order valence-electron chi connectivity index (χ2n) is 6.51. The molecule has 2 N–H and O–H groups in total.